The van der Waals surface area contributed by atoms with Gasteiger partial charge in [0.2, 0.25) is 17.7 Å². The number of likely N-dealkylation sites (tertiary alicyclic amines) is 1. The van der Waals surface area contributed by atoms with Crippen LogP contribution < -0.4 is 10.1 Å². The third-order valence-electron chi connectivity index (χ3n) is 5.68. The maximum absolute atomic E-state index is 13.9. The standard InChI is InChI=1S/C20H25FN2O4/c1-11(13-8-9-17(27-3)16(21)10-13)22-18(24)12(2)23-19(25)14-6-4-5-7-15(14)20(23)26/h8-12,14-15H,4-7H2,1-3H3,(H,22,24). The minimum Gasteiger partial charge on any atom is -0.494 e. The van der Waals surface area contributed by atoms with Gasteiger partial charge in [-0.1, -0.05) is 18.9 Å². The summed E-state index contributed by atoms with van der Waals surface area (Å²) in [7, 11) is 1.38. The van der Waals surface area contributed by atoms with Gasteiger partial charge in [-0.15, -0.1) is 0 Å². The molecule has 1 saturated carbocycles. The van der Waals surface area contributed by atoms with E-state index in [1.165, 1.54) is 19.2 Å². The summed E-state index contributed by atoms with van der Waals surface area (Å²) >= 11 is 0. The molecule has 146 valence electrons. The van der Waals surface area contributed by atoms with Crippen LogP contribution in [0.25, 0.3) is 0 Å². The lowest BCUT2D eigenvalue weighted by atomic mass is 9.81. The predicted octanol–water partition coefficient (Wildman–Crippen LogP) is 2.58. The van der Waals surface area contributed by atoms with Crippen molar-refractivity contribution >= 4 is 17.7 Å². The molecule has 0 radical (unpaired) electrons. The van der Waals surface area contributed by atoms with E-state index in [0.717, 1.165) is 17.7 Å². The van der Waals surface area contributed by atoms with Gasteiger partial charge in [0.15, 0.2) is 11.6 Å². The number of hydrogen-bond acceptors (Lipinski definition) is 4. The average Bonchev–Trinajstić information content (AvgIpc) is 2.92. The maximum atomic E-state index is 13.9. The highest BCUT2D eigenvalue weighted by Gasteiger charge is 2.50. The van der Waals surface area contributed by atoms with E-state index in [-0.39, 0.29) is 29.4 Å². The number of ether oxygens (including phenoxy) is 1. The number of hydrogen-bond donors (Lipinski definition) is 1. The molecule has 7 heteroatoms. The molecule has 3 amide bonds. The van der Waals surface area contributed by atoms with E-state index in [1.54, 1.807) is 19.9 Å². The summed E-state index contributed by atoms with van der Waals surface area (Å²) in [6.07, 6.45) is 3.30. The molecule has 2 fully saturated rings. The van der Waals surface area contributed by atoms with E-state index in [2.05, 4.69) is 5.32 Å². The monoisotopic (exact) mass is 376 g/mol. The lowest BCUT2D eigenvalue weighted by Crippen LogP contribution is -2.48. The molecule has 6 nitrogen and oxygen atoms in total. The van der Waals surface area contributed by atoms with Crippen LogP contribution in [0.1, 0.15) is 51.1 Å². The molecule has 0 bridgehead atoms. The number of rotatable bonds is 5. The van der Waals surface area contributed by atoms with E-state index in [1.807, 2.05) is 0 Å². The number of benzene rings is 1. The average molecular weight is 376 g/mol. The van der Waals surface area contributed by atoms with Crippen LogP contribution in [-0.2, 0) is 14.4 Å². The Labute approximate surface area is 158 Å². The number of carbonyl (C=O) groups excluding carboxylic acids is 3. The minimum atomic E-state index is -0.888. The summed E-state index contributed by atoms with van der Waals surface area (Å²) < 4.78 is 18.8. The van der Waals surface area contributed by atoms with E-state index >= 15 is 0 Å². The molecule has 1 aromatic carbocycles. The molecule has 1 aromatic rings. The molecule has 4 unspecified atom stereocenters. The zero-order chi connectivity index (χ0) is 19.7. The van der Waals surface area contributed by atoms with Gasteiger partial charge in [-0.25, -0.2) is 4.39 Å². The molecule has 2 aliphatic rings. The van der Waals surface area contributed by atoms with Gasteiger partial charge in [0, 0.05) is 0 Å². The van der Waals surface area contributed by atoms with Gasteiger partial charge < -0.3 is 10.1 Å². The molecule has 1 heterocycles. The molecule has 4 atom stereocenters. The van der Waals surface area contributed by atoms with Crippen molar-refractivity contribution in [3.63, 3.8) is 0 Å². The Balaban J connectivity index is 1.69. The van der Waals surface area contributed by atoms with Gasteiger partial charge in [-0.05, 0) is 44.4 Å². The number of methoxy groups -OCH3 is 1. The Morgan fingerprint density at radius 1 is 1.19 bits per heavy atom. The van der Waals surface area contributed by atoms with E-state index < -0.39 is 23.8 Å². The quantitative estimate of drug-likeness (QED) is 0.802. The lowest BCUT2D eigenvalue weighted by molar-refractivity contribution is -0.147. The topological polar surface area (TPSA) is 75.7 Å². The number of fused-ring (bicyclic) bond motifs is 1. The van der Waals surface area contributed by atoms with Crippen molar-refractivity contribution in [1.82, 2.24) is 10.2 Å². The van der Waals surface area contributed by atoms with Crippen LogP contribution in [0.2, 0.25) is 0 Å². The molecule has 0 spiro atoms. The third kappa shape index (κ3) is 3.55. The first-order chi connectivity index (χ1) is 12.8. The highest BCUT2D eigenvalue weighted by molar-refractivity contribution is 6.08. The van der Waals surface area contributed by atoms with Crippen molar-refractivity contribution in [2.75, 3.05) is 7.11 Å². The van der Waals surface area contributed by atoms with Crippen molar-refractivity contribution < 1.29 is 23.5 Å². The summed E-state index contributed by atoms with van der Waals surface area (Å²) in [5.74, 6) is -1.87. The lowest BCUT2D eigenvalue weighted by Gasteiger charge is -2.24. The van der Waals surface area contributed by atoms with Crippen LogP contribution in [0.4, 0.5) is 4.39 Å². The predicted molar refractivity (Wildman–Crippen MR) is 96.3 cm³/mol. The second kappa shape index (κ2) is 7.66. The van der Waals surface area contributed by atoms with Gasteiger partial charge in [0.25, 0.3) is 0 Å². The highest BCUT2D eigenvalue weighted by Crippen LogP contribution is 2.38. The second-order valence-corrected chi connectivity index (χ2v) is 7.34. The normalized spacial score (nSPS) is 24.4. The van der Waals surface area contributed by atoms with Crippen molar-refractivity contribution in [1.29, 1.82) is 0 Å². The fraction of sp³-hybridized carbons (Fsp3) is 0.550. The van der Waals surface area contributed by atoms with Crippen molar-refractivity contribution in [2.24, 2.45) is 11.8 Å². The smallest absolute Gasteiger partial charge is 0.243 e. The first kappa shape index (κ1) is 19.3. The van der Waals surface area contributed by atoms with Crippen LogP contribution in [0, 0.1) is 17.7 Å². The number of nitrogens with one attached hydrogen (secondary N) is 1. The Kier molecular flexibility index (Phi) is 5.48. The Morgan fingerprint density at radius 3 is 2.30 bits per heavy atom. The summed E-state index contributed by atoms with van der Waals surface area (Å²) in [6.45, 7) is 3.28. The second-order valence-electron chi connectivity index (χ2n) is 7.34. The first-order valence-corrected chi connectivity index (χ1v) is 9.36. The van der Waals surface area contributed by atoms with E-state index in [4.69, 9.17) is 4.74 Å². The molecule has 1 aliphatic carbocycles. The Hall–Kier alpha value is -2.44. The number of imide groups is 1. The van der Waals surface area contributed by atoms with Crippen molar-refractivity contribution in [3.05, 3.63) is 29.6 Å². The van der Waals surface area contributed by atoms with Crippen LogP contribution >= 0.6 is 0 Å². The van der Waals surface area contributed by atoms with Crippen LogP contribution in [-0.4, -0.2) is 35.8 Å². The van der Waals surface area contributed by atoms with Crippen LogP contribution in [0.15, 0.2) is 18.2 Å². The largest absolute Gasteiger partial charge is 0.494 e. The molecule has 27 heavy (non-hydrogen) atoms. The molecular weight excluding hydrogens is 351 g/mol. The number of amides is 3. The fourth-order valence-electron chi connectivity index (χ4n) is 4.06. The minimum absolute atomic E-state index is 0.126. The van der Waals surface area contributed by atoms with Gasteiger partial charge in [-0.2, -0.15) is 0 Å². The summed E-state index contributed by atoms with van der Waals surface area (Å²) in [4.78, 5) is 39.0. The molecule has 1 aliphatic heterocycles. The maximum Gasteiger partial charge on any atom is 0.243 e. The molecule has 1 N–H and O–H groups in total. The number of nitrogens with zero attached hydrogens (tertiary/aromatic N) is 1. The summed E-state index contributed by atoms with van der Waals surface area (Å²) in [5, 5.41) is 2.77. The first-order valence-electron chi connectivity index (χ1n) is 9.36. The molecule has 0 aromatic heterocycles. The molecular formula is C20H25FN2O4. The zero-order valence-corrected chi connectivity index (χ0v) is 15.8. The van der Waals surface area contributed by atoms with Crippen molar-refractivity contribution in [2.45, 2.75) is 51.6 Å². The van der Waals surface area contributed by atoms with Crippen LogP contribution in [0.5, 0.6) is 5.75 Å². The van der Waals surface area contributed by atoms with E-state index in [9.17, 15) is 18.8 Å². The molecule has 1 saturated heterocycles. The van der Waals surface area contributed by atoms with Crippen molar-refractivity contribution in [3.8, 4) is 5.75 Å². The van der Waals surface area contributed by atoms with E-state index in [0.29, 0.717) is 18.4 Å². The summed E-state index contributed by atoms with van der Waals surface area (Å²) in [6, 6.07) is 3.10. The SMILES string of the molecule is COc1ccc(C(C)NC(=O)C(C)N2C(=O)C3CCCCC3C2=O)cc1F. The highest BCUT2D eigenvalue weighted by atomic mass is 19.1. The third-order valence-corrected chi connectivity index (χ3v) is 5.68. The number of carbonyl (C=O) groups is 3. The Morgan fingerprint density at radius 2 is 1.78 bits per heavy atom. The van der Waals surface area contributed by atoms with Gasteiger partial charge in [-0.3, -0.25) is 19.3 Å². The molecule has 3 rings (SSSR count). The number of halogens is 1. The van der Waals surface area contributed by atoms with Gasteiger partial charge >= 0.3 is 0 Å². The van der Waals surface area contributed by atoms with Gasteiger partial charge in [0.1, 0.15) is 6.04 Å². The van der Waals surface area contributed by atoms with Gasteiger partial charge in [0.05, 0.1) is 25.0 Å². The summed E-state index contributed by atoms with van der Waals surface area (Å²) in [5.41, 5.74) is 0.571. The zero-order valence-electron chi connectivity index (χ0n) is 15.8. The fourth-order valence-corrected chi connectivity index (χ4v) is 4.06. The van der Waals surface area contributed by atoms with Crippen LogP contribution in [0.3, 0.4) is 0 Å². The Bertz CT molecular complexity index is 742.